The summed E-state index contributed by atoms with van der Waals surface area (Å²) in [6.07, 6.45) is 1.90. The number of halogens is 3. The summed E-state index contributed by atoms with van der Waals surface area (Å²) in [7, 11) is -2.38. The maximum Gasteiger partial charge on any atom is 0.417 e. The molecule has 0 bridgehead atoms. The molecule has 0 saturated heterocycles. The second-order valence-electron chi connectivity index (χ2n) is 6.91. The van der Waals surface area contributed by atoms with E-state index in [1.54, 1.807) is 6.33 Å². The lowest BCUT2D eigenvalue weighted by atomic mass is 10.1. The van der Waals surface area contributed by atoms with Crippen molar-refractivity contribution in [3.63, 3.8) is 0 Å². The Morgan fingerprint density at radius 1 is 1.13 bits per heavy atom. The zero-order chi connectivity index (χ0) is 21.5. The minimum absolute atomic E-state index is 0.0481. The Morgan fingerprint density at radius 2 is 1.90 bits per heavy atom. The van der Waals surface area contributed by atoms with Crippen LogP contribution in [0.1, 0.15) is 24.4 Å². The first-order valence-corrected chi connectivity index (χ1v) is 10.6. The van der Waals surface area contributed by atoms with Gasteiger partial charge >= 0.3 is 6.18 Å². The Bertz CT molecular complexity index is 1170. The third kappa shape index (κ3) is 4.17. The Morgan fingerprint density at radius 3 is 2.50 bits per heavy atom. The van der Waals surface area contributed by atoms with Crippen LogP contribution >= 0.6 is 0 Å². The molecule has 0 amide bonds. The molecule has 30 heavy (non-hydrogen) atoms. The fourth-order valence-electron chi connectivity index (χ4n) is 2.95. The summed E-state index contributed by atoms with van der Waals surface area (Å²) in [6.45, 7) is 0. The molecular formula is C19H18F3N5O2S. The molecule has 11 heteroatoms. The number of anilines is 2. The Labute approximate surface area is 171 Å². The Kier molecular flexibility index (Phi) is 5.02. The van der Waals surface area contributed by atoms with Crippen molar-refractivity contribution in [1.29, 1.82) is 0 Å². The van der Waals surface area contributed by atoms with E-state index in [0.717, 1.165) is 25.1 Å². The van der Waals surface area contributed by atoms with Crippen molar-refractivity contribution in [2.45, 2.75) is 30.0 Å². The highest BCUT2D eigenvalue weighted by Gasteiger charge is 2.30. The molecule has 0 radical (unpaired) electrons. The highest BCUT2D eigenvalue weighted by molar-refractivity contribution is 7.89. The molecule has 7 nitrogen and oxygen atoms in total. The van der Waals surface area contributed by atoms with Crippen LogP contribution in [0.25, 0.3) is 11.3 Å². The van der Waals surface area contributed by atoms with E-state index in [2.05, 4.69) is 20.0 Å². The van der Waals surface area contributed by atoms with E-state index in [4.69, 9.17) is 0 Å². The van der Waals surface area contributed by atoms with Crippen molar-refractivity contribution in [3.8, 4) is 11.3 Å². The second kappa shape index (κ2) is 7.40. The van der Waals surface area contributed by atoms with Gasteiger partial charge in [0.2, 0.25) is 10.0 Å². The van der Waals surface area contributed by atoms with Crippen LogP contribution in [0, 0.1) is 0 Å². The van der Waals surface area contributed by atoms with Crippen LogP contribution in [0.5, 0.6) is 0 Å². The molecule has 3 aromatic rings. The fourth-order valence-corrected chi connectivity index (χ4v) is 3.71. The van der Waals surface area contributed by atoms with Crippen LogP contribution in [-0.4, -0.2) is 30.0 Å². The summed E-state index contributed by atoms with van der Waals surface area (Å²) < 4.78 is 67.0. The average Bonchev–Trinajstić information content (AvgIpc) is 3.45. The van der Waals surface area contributed by atoms with Crippen molar-refractivity contribution >= 4 is 21.5 Å². The van der Waals surface area contributed by atoms with Crippen LogP contribution in [0.2, 0.25) is 0 Å². The fraction of sp³-hybridized carbons (Fsp3) is 0.263. The van der Waals surface area contributed by atoms with Gasteiger partial charge in [0.05, 0.1) is 22.5 Å². The number of nitrogens with one attached hydrogen (secondary N) is 2. The van der Waals surface area contributed by atoms with Gasteiger partial charge in [0.25, 0.3) is 0 Å². The monoisotopic (exact) mass is 437 g/mol. The smallest absolute Gasteiger partial charge is 0.340 e. The molecule has 2 aromatic heterocycles. The van der Waals surface area contributed by atoms with Gasteiger partial charge in [-0.3, -0.25) is 0 Å². The molecule has 4 rings (SSSR count). The largest absolute Gasteiger partial charge is 0.417 e. The minimum atomic E-state index is -4.48. The van der Waals surface area contributed by atoms with E-state index in [9.17, 15) is 21.6 Å². The molecule has 0 spiro atoms. The standard InChI is InChI=1S/C19H18F3N5O2S/c1-23-30(28,29)14-5-6-16(26-18-7-2-12(9-24-18)19(20,21)22)15(8-14)17-10-27(11-25-17)13-3-4-13/h2,5-11,13,23H,3-4H2,1H3,(H,24,26). The number of aromatic nitrogens is 3. The molecular weight excluding hydrogens is 419 g/mol. The first kappa shape index (κ1) is 20.4. The van der Waals surface area contributed by atoms with Gasteiger partial charge in [-0.05, 0) is 50.2 Å². The maximum absolute atomic E-state index is 12.8. The quantitative estimate of drug-likeness (QED) is 0.610. The van der Waals surface area contributed by atoms with Crippen LogP contribution in [0.4, 0.5) is 24.7 Å². The number of sulfonamides is 1. The average molecular weight is 437 g/mol. The topological polar surface area (TPSA) is 88.9 Å². The lowest BCUT2D eigenvalue weighted by Gasteiger charge is -2.13. The molecule has 1 aliphatic carbocycles. The normalized spacial score (nSPS) is 14.7. The third-order valence-corrected chi connectivity index (χ3v) is 6.18. The predicted molar refractivity (Wildman–Crippen MR) is 105 cm³/mol. The predicted octanol–water partition coefficient (Wildman–Crippen LogP) is 3.95. The summed E-state index contributed by atoms with van der Waals surface area (Å²) in [5.41, 5.74) is 0.655. The van der Waals surface area contributed by atoms with Gasteiger partial charge in [-0.2, -0.15) is 13.2 Å². The van der Waals surface area contributed by atoms with Gasteiger partial charge in [-0.1, -0.05) is 0 Å². The van der Waals surface area contributed by atoms with Gasteiger partial charge in [0.1, 0.15) is 5.82 Å². The molecule has 158 valence electrons. The molecule has 0 aliphatic heterocycles. The van der Waals surface area contributed by atoms with Crippen LogP contribution in [0.15, 0.2) is 53.9 Å². The van der Waals surface area contributed by atoms with Crippen LogP contribution in [0.3, 0.4) is 0 Å². The summed E-state index contributed by atoms with van der Waals surface area (Å²) in [6, 6.07) is 6.94. The number of hydrogen-bond acceptors (Lipinski definition) is 5. The number of rotatable bonds is 6. The number of alkyl halides is 3. The van der Waals surface area contributed by atoms with Crippen molar-refractivity contribution in [1.82, 2.24) is 19.3 Å². The molecule has 1 fully saturated rings. The lowest BCUT2D eigenvalue weighted by Crippen LogP contribution is -2.18. The number of nitrogens with zero attached hydrogens (tertiary/aromatic N) is 3. The zero-order valence-corrected chi connectivity index (χ0v) is 16.6. The summed E-state index contributed by atoms with van der Waals surface area (Å²) in [5, 5.41) is 2.96. The van der Waals surface area contributed by atoms with E-state index in [0.29, 0.717) is 23.0 Å². The number of imidazole rings is 1. The van der Waals surface area contributed by atoms with Crippen molar-refractivity contribution in [2.75, 3.05) is 12.4 Å². The number of hydrogen-bond donors (Lipinski definition) is 2. The van der Waals surface area contributed by atoms with Gasteiger partial charge in [-0.15, -0.1) is 0 Å². The van der Waals surface area contributed by atoms with Gasteiger partial charge < -0.3 is 9.88 Å². The lowest BCUT2D eigenvalue weighted by molar-refractivity contribution is -0.137. The van der Waals surface area contributed by atoms with E-state index in [1.165, 1.54) is 31.3 Å². The third-order valence-electron chi connectivity index (χ3n) is 4.77. The molecule has 2 N–H and O–H groups in total. The highest BCUT2D eigenvalue weighted by Crippen LogP contribution is 2.37. The van der Waals surface area contributed by atoms with E-state index >= 15 is 0 Å². The van der Waals surface area contributed by atoms with E-state index in [-0.39, 0.29) is 10.7 Å². The van der Waals surface area contributed by atoms with E-state index in [1.807, 2.05) is 10.8 Å². The number of benzene rings is 1. The van der Waals surface area contributed by atoms with Gasteiger partial charge in [0.15, 0.2) is 0 Å². The van der Waals surface area contributed by atoms with Crippen LogP contribution < -0.4 is 10.0 Å². The highest BCUT2D eigenvalue weighted by atomic mass is 32.2. The van der Waals surface area contributed by atoms with E-state index < -0.39 is 21.8 Å². The minimum Gasteiger partial charge on any atom is -0.340 e. The van der Waals surface area contributed by atoms with Gasteiger partial charge in [-0.25, -0.2) is 23.1 Å². The maximum atomic E-state index is 12.8. The van der Waals surface area contributed by atoms with Crippen molar-refractivity contribution < 1.29 is 21.6 Å². The molecule has 1 aromatic carbocycles. The first-order valence-electron chi connectivity index (χ1n) is 9.09. The summed E-state index contributed by atoms with van der Waals surface area (Å²) in [5.74, 6) is 0.190. The molecule has 1 aliphatic rings. The van der Waals surface area contributed by atoms with Gasteiger partial charge in [0, 0.05) is 29.7 Å². The SMILES string of the molecule is CNS(=O)(=O)c1ccc(Nc2ccc(C(F)(F)F)cn2)c(-c2cn(C3CC3)cn2)c1. The first-order chi connectivity index (χ1) is 14.2. The van der Waals surface area contributed by atoms with Crippen molar-refractivity contribution in [3.05, 3.63) is 54.6 Å². The molecule has 1 saturated carbocycles. The Hall–Kier alpha value is -2.92. The molecule has 0 unspecified atom stereocenters. The Balaban J connectivity index is 1.72. The van der Waals surface area contributed by atoms with Crippen LogP contribution in [-0.2, 0) is 16.2 Å². The molecule has 2 heterocycles. The summed E-state index contributed by atoms with van der Waals surface area (Å²) >= 11 is 0. The number of pyridine rings is 1. The molecule has 0 atom stereocenters. The second-order valence-corrected chi connectivity index (χ2v) is 8.79. The zero-order valence-electron chi connectivity index (χ0n) is 15.8. The van der Waals surface area contributed by atoms with Crippen molar-refractivity contribution in [2.24, 2.45) is 0 Å². The summed E-state index contributed by atoms with van der Waals surface area (Å²) in [4.78, 5) is 8.25.